The fourth-order valence-electron chi connectivity index (χ4n) is 1.43. The first-order valence-electron chi connectivity index (χ1n) is 6.04. The number of halogens is 2. The molecule has 4 heteroatoms. The summed E-state index contributed by atoms with van der Waals surface area (Å²) in [5.41, 5.74) is 0.855. The first kappa shape index (κ1) is 15.1. The predicted molar refractivity (Wildman–Crippen MR) is 78.0 cm³/mol. The first-order valence-corrected chi connectivity index (χ1v) is 6.80. The van der Waals surface area contributed by atoms with Crippen LogP contribution in [-0.2, 0) is 4.79 Å². The summed E-state index contributed by atoms with van der Waals surface area (Å²) in [5.74, 6) is -0.0859. The van der Waals surface area contributed by atoms with E-state index in [1.807, 2.05) is 6.07 Å². The average molecular weight is 286 g/mol. The van der Waals surface area contributed by atoms with Gasteiger partial charge in [0.25, 0.3) is 0 Å². The molecule has 0 aliphatic carbocycles. The number of rotatable bonds is 6. The molecule has 1 aromatic carbocycles. The zero-order valence-electron chi connectivity index (χ0n) is 10.4. The van der Waals surface area contributed by atoms with E-state index >= 15 is 0 Å². The van der Waals surface area contributed by atoms with Crippen LogP contribution in [0, 0.1) is 0 Å². The molecule has 0 aromatic heterocycles. The van der Waals surface area contributed by atoms with Crippen LogP contribution in [0.1, 0.15) is 31.7 Å². The number of unbranched alkanes of at least 4 members (excludes halogenated alkanes) is 2. The van der Waals surface area contributed by atoms with Crippen molar-refractivity contribution in [2.24, 2.45) is 0 Å². The Balaban J connectivity index is 2.43. The van der Waals surface area contributed by atoms with E-state index in [0.717, 1.165) is 31.4 Å². The van der Waals surface area contributed by atoms with Crippen LogP contribution in [0.25, 0.3) is 6.08 Å². The van der Waals surface area contributed by atoms with E-state index in [1.165, 1.54) is 6.08 Å². The Hall–Kier alpha value is -0.990. The summed E-state index contributed by atoms with van der Waals surface area (Å²) in [7, 11) is 0. The van der Waals surface area contributed by atoms with Gasteiger partial charge in [-0.1, -0.05) is 49.0 Å². The van der Waals surface area contributed by atoms with Crippen LogP contribution in [0.5, 0.6) is 0 Å². The average Bonchev–Trinajstić information content (AvgIpc) is 2.36. The predicted octanol–water partition coefficient (Wildman–Crippen LogP) is 4.31. The second-order valence-corrected chi connectivity index (χ2v) is 4.82. The third-order valence-corrected chi connectivity index (χ3v) is 3.19. The summed E-state index contributed by atoms with van der Waals surface area (Å²) in [5, 5.41) is 3.83. The van der Waals surface area contributed by atoms with Crippen molar-refractivity contribution in [2.45, 2.75) is 26.2 Å². The molecule has 0 aliphatic heterocycles. The van der Waals surface area contributed by atoms with Crippen molar-refractivity contribution in [1.82, 2.24) is 5.32 Å². The van der Waals surface area contributed by atoms with Gasteiger partial charge < -0.3 is 5.32 Å². The second kappa shape index (κ2) is 8.17. The van der Waals surface area contributed by atoms with Crippen molar-refractivity contribution in [3.8, 4) is 0 Å². The molecular weight excluding hydrogens is 269 g/mol. The van der Waals surface area contributed by atoms with Gasteiger partial charge in [-0.3, -0.25) is 4.79 Å². The quantitative estimate of drug-likeness (QED) is 0.612. The highest BCUT2D eigenvalue weighted by Crippen LogP contribution is 2.22. The molecule has 0 saturated carbocycles. The standard InChI is InChI=1S/C14H17Cl2NO/c1-2-3-4-9-17-14(18)8-6-11-5-7-12(15)13(16)10-11/h5-8,10H,2-4,9H2,1H3,(H,17,18). The number of hydrogen-bond acceptors (Lipinski definition) is 1. The highest BCUT2D eigenvalue weighted by molar-refractivity contribution is 6.42. The van der Waals surface area contributed by atoms with Gasteiger partial charge in [0.1, 0.15) is 0 Å². The highest BCUT2D eigenvalue weighted by Gasteiger charge is 1.98. The molecule has 1 amide bonds. The lowest BCUT2D eigenvalue weighted by atomic mass is 10.2. The molecule has 0 atom stereocenters. The molecule has 0 unspecified atom stereocenters. The lowest BCUT2D eigenvalue weighted by Crippen LogP contribution is -2.21. The van der Waals surface area contributed by atoms with Crippen LogP contribution in [0.4, 0.5) is 0 Å². The van der Waals surface area contributed by atoms with Crippen molar-refractivity contribution in [2.75, 3.05) is 6.54 Å². The van der Waals surface area contributed by atoms with E-state index in [-0.39, 0.29) is 5.91 Å². The Morgan fingerprint density at radius 1 is 1.28 bits per heavy atom. The molecule has 0 fully saturated rings. The van der Waals surface area contributed by atoms with E-state index < -0.39 is 0 Å². The van der Waals surface area contributed by atoms with Crippen LogP contribution in [0.15, 0.2) is 24.3 Å². The number of benzene rings is 1. The monoisotopic (exact) mass is 285 g/mol. The number of carbonyl (C=O) groups is 1. The number of amides is 1. The van der Waals surface area contributed by atoms with Crippen LogP contribution < -0.4 is 5.32 Å². The molecule has 1 aromatic rings. The maximum Gasteiger partial charge on any atom is 0.243 e. The van der Waals surface area contributed by atoms with E-state index in [0.29, 0.717) is 10.0 Å². The molecular formula is C14H17Cl2NO. The van der Waals surface area contributed by atoms with Crippen LogP contribution in [0.3, 0.4) is 0 Å². The third-order valence-electron chi connectivity index (χ3n) is 2.45. The van der Waals surface area contributed by atoms with E-state index in [9.17, 15) is 4.79 Å². The van der Waals surface area contributed by atoms with Crippen molar-refractivity contribution in [3.63, 3.8) is 0 Å². The minimum Gasteiger partial charge on any atom is -0.353 e. The molecule has 1 rings (SSSR count). The normalized spacial score (nSPS) is 10.8. The lowest BCUT2D eigenvalue weighted by molar-refractivity contribution is -0.116. The van der Waals surface area contributed by atoms with Gasteiger partial charge in [-0.05, 0) is 30.2 Å². The van der Waals surface area contributed by atoms with Crippen molar-refractivity contribution >= 4 is 35.2 Å². The molecule has 0 radical (unpaired) electrons. The smallest absolute Gasteiger partial charge is 0.243 e. The van der Waals surface area contributed by atoms with Gasteiger partial charge in [0.05, 0.1) is 10.0 Å². The van der Waals surface area contributed by atoms with E-state index in [4.69, 9.17) is 23.2 Å². The number of hydrogen-bond donors (Lipinski definition) is 1. The molecule has 0 saturated heterocycles. The summed E-state index contributed by atoms with van der Waals surface area (Å²) in [6.45, 7) is 2.85. The molecule has 0 aliphatic rings. The SMILES string of the molecule is CCCCCNC(=O)C=Cc1ccc(Cl)c(Cl)c1. The Morgan fingerprint density at radius 2 is 2.06 bits per heavy atom. The largest absolute Gasteiger partial charge is 0.353 e. The first-order chi connectivity index (χ1) is 8.63. The maximum atomic E-state index is 11.5. The topological polar surface area (TPSA) is 29.1 Å². The summed E-state index contributed by atoms with van der Waals surface area (Å²) < 4.78 is 0. The highest BCUT2D eigenvalue weighted by atomic mass is 35.5. The molecule has 0 heterocycles. The van der Waals surface area contributed by atoms with Crippen molar-refractivity contribution in [3.05, 3.63) is 39.9 Å². The molecule has 0 spiro atoms. The zero-order valence-corrected chi connectivity index (χ0v) is 11.9. The number of nitrogens with one attached hydrogen (secondary N) is 1. The Morgan fingerprint density at radius 3 is 2.72 bits per heavy atom. The fourth-order valence-corrected chi connectivity index (χ4v) is 1.74. The van der Waals surface area contributed by atoms with Crippen LogP contribution >= 0.6 is 23.2 Å². The summed E-state index contributed by atoms with van der Waals surface area (Å²) in [6.07, 6.45) is 6.53. The van der Waals surface area contributed by atoms with Gasteiger partial charge in [-0.2, -0.15) is 0 Å². The van der Waals surface area contributed by atoms with E-state index in [1.54, 1.807) is 18.2 Å². The van der Waals surface area contributed by atoms with Gasteiger partial charge in [0.2, 0.25) is 5.91 Å². The maximum absolute atomic E-state index is 11.5. The van der Waals surface area contributed by atoms with Gasteiger partial charge in [-0.25, -0.2) is 0 Å². The van der Waals surface area contributed by atoms with E-state index in [2.05, 4.69) is 12.2 Å². The molecule has 2 nitrogen and oxygen atoms in total. The molecule has 98 valence electrons. The molecule has 0 bridgehead atoms. The summed E-state index contributed by atoms with van der Waals surface area (Å²) in [4.78, 5) is 11.5. The summed E-state index contributed by atoms with van der Waals surface area (Å²) in [6, 6.07) is 5.25. The van der Waals surface area contributed by atoms with Crippen LogP contribution in [0.2, 0.25) is 10.0 Å². The fraction of sp³-hybridized carbons (Fsp3) is 0.357. The summed E-state index contributed by atoms with van der Waals surface area (Å²) >= 11 is 11.7. The minimum absolute atomic E-state index is 0.0859. The Labute approximate surface area is 118 Å². The Bertz CT molecular complexity index is 430. The minimum atomic E-state index is -0.0859. The third kappa shape index (κ3) is 5.56. The molecule has 1 N–H and O–H groups in total. The van der Waals surface area contributed by atoms with Gasteiger partial charge in [-0.15, -0.1) is 0 Å². The Kier molecular flexibility index (Phi) is 6.84. The van der Waals surface area contributed by atoms with Gasteiger partial charge >= 0.3 is 0 Å². The van der Waals surface area contributed by atoms with Crippen LogP contribution in [-0.4, -0.2) is 12.5 Å². The number of carbonyl (C=O) groups excluding carboxylic acids is 1. The lowest BCUT2D eigenvalue weighted by Gasteiger charge is -2.01. The molecule has 18 heavy (non-hydrogen) atoms. The van der Waals surface area contributed by atoms with Gasteiger partial charge in [0, 0.05) is 12.6 Å². The van der Waals surface area contributed by atoms with Crippen molar-refractivity contribution < 1.29 is 4.79 Å². The second-order valence-electron chi connectivity index (χ2n) is 4.01. The zero-order chi connectivity index (χ0) is 13.4. The van der Waals surface area contributed by atoms with Gasteiger partial charge in [0.15, 0.2) is 0 Å². The van der Waals surface area contributed by atoms with Crippen molar-refractivity contribution in [1.29, 1.82) is 0 Å².